The summed E-state index contributed by atoms with van der Waals surface area (Å²) in [5.41, 5.74) is 0.204. The molecule has 1 heterocycles. The number of rotatable bonds is 4. The Balaban J connectivity index is 2.44. The van der Waals surface area contributed by atoms with Crippen LogP contribution < -0.4 is 0 Å². The van der Waals surface area contributed by atoms with Crippen LogP contribution in [0.4, 0.5) is 5.69 Å². The number of nitrogens with zero attached hydrogens (tertiary/aromatic N) is 3. The van der Waals surface area contributed by atoms with Crippen molar-refractivity contribution in [3.05, 3.63) is 69.0 Å². The van der Waals surface area contributed by atoms with E-state index in [1.807, 2.05) is 6.07 Å². The number of pyridine rings is 1. The summed E-state index contributed by atoms with van der Waals surface area (Å²) >= 11 is 5.78. The van der Waals surface area contributed by atoms with Crippen molar-refractivity contribution >= 4 is 23.1 Å². The van der Waals surface area contributed by atoms with Gasteiger partial charge in [0, 0.05) is 35.1 Å². The molecule has 2 rings (SSSR count). The molecule has 0 fully saturated rings. The molecule has 7 heteroatoms. The molecule has 0 amide bonds. The fraction of sp³-hybridized carbons (Fsp3) is 0.0714. The number of hydrogen-bond donors (Lipinski definition) is 0. The van der Waals surface area contributed by atoms with Gasteiger partial charge in [0.15, 0.2) is 5.78 Å². The molecule has 1 aromatic carbocycles. The lowest BCUT2D eigenvalue weighted by Gasteiger charge is -2.08. The summed E-state index contributed by atoms with van der Waals surface area (Å²) in [5, 5.41) is 20.1. The Bertz CT molecular complexity index is 741. The van der Waals surface area contributed by atoms with Crippen LogP contribution in [-0.2, 0) is 0 Å². The van der Waals surface area contributed by atoms with E-state index in [-0.39, 0.29) is 16.3 Å². The molecule has 0 aliphatic carbocycles. The summed E-state index contributed by atoms with van der Waals surface area (Å²) in [6, 6.07) is 8.55. The zero-order valence-corrected chi connectivity index (χ0v) is 11.3. The largest absolute Gasteiger partial charge is 0.292 e. The number of halogens is 1. The first kappa shape index (κ1) is 14.6. The first-order chi connectivity index (χ1) is 10.0. The van der Waals surface area contributed by atoms with E-state index in [1.54, 1.807) is 12.1 Å². The smallest absolute Gasteiger partial charge is 0.271 e. The number of non-ortho nitro benzene ring substituents is 1. The normalized spacial score (nSPS) is 11.4. The van der Waals surface area contributed by atoms with Crippen LogP contribution in [0.1, 0.15) is 21.8 Å². The number of nitro benzene ring substituents is 1. The summed E-state index contributed by atoms with van der Waals surface area (Å²) < 4.78 is 0. The number of nitriles is 1. The second-order valence-corrected chi connectivity index (χ2v) is 4.60. The summed E-state index contributed by atoms with van der Waals surface area (Å²) in [5.74, 6) is -1.61. The van der Waals surface area contributed by atoms with Crippen LogP contribution in [-0.4, -0.2) is 15.7 Å². The van der Waals surface area contributed by atoms with Gasteiger partial charge in [-0.25, -0.2) is 0 Å². The Hall–Kier alpha value is -2.78. The van der Waals surface area contributed by atoms with Gasteiger partial charge in [0.05, 0.1) is 11.0 Å². The Morgan fingerprint density at radius 1 is 1.33 bits per heavy atom. The van der Waals surface area contributed by atoms with Crippen LogP contribution in [0.2, 0.25) is 5.02 Å². The van der Waals surface area contributed by atoms with Crippen molar-refractivity contribution < 1.29 is 9.72 Å². The highest BCUT2D eigenvalue weighted by Crippen LogP contribution is 2.26. The first-order valence-corrected chi connectivity index (χ1v) is 6.19. The van der Waals surface area contributed by atoms with Gasteiger partial charge >= 0.3 is 0 Å². The third-order valence-electron chi connectivity index (χ3n) is 2.81. The molecule has 6 nitrogen and oxygen atoms in total. The molecule has 0 aliphatic rings. The number of carbonyl (C=O) groups is 1. The molecule has 1 atom stereocenters. The number of nitro groups is 1. The fourth-order valence-electron chi connectivity index (χ4n) is 1.83. The Morgan fingerprint density at radius 3 is 2.57 bits per heavy atom. The lowest BCUT2D eigenvalue weighted by molar-refractivity contribution is -0.384. The van der Waals surface area contributed by atoms with Crippen LogP contribution >= 0.6 is 11.6 Å². The molecule has 0 saturated heterocycles. The van der Waals surface area contributed by atoms with E-state index in [0.717, 1.165) is 12.1 Å². The van der Waals surface area contributed by atoms with E-state index in [1.165, 1.54) is 18.5 Å². The van der Waals surface area contributed by atoms with Gasteiger partial charge in [-0.15, -0.1) is 0 Å². The summed E-state index contributed by atoms with van der Waals surface area (Å²) in [4.78, 5) is 26.4. The number of carbonyl (C=O) groups excluding carboxylic acids is 1. The molecule has 0 aliphatic heterocycles. The van der Waals surface area contributed by atoms with Gasteiger partial charge < -0.3 is 0 Å². The Kier molecular flexibility index (Phi) is 4.26. The van der Waals surface area contributed by atoms with Crippen molar-refractivity contribution in [1.82, 2.24) is 4.98 Å². The van der Waals surface area contributed by atoms with Crippen LogP contribution in [0.3, 0.4) is 0 Å². The van der Waals surface area contributed by atoms with E-state index < -0.39 is 16.6 Å². The van der Waals surface area contributed by atoms with Crippen LogP contribution in [0.15, 0.2) is 42.7 Å². The minimum atomic E-state index is -1.06. The molecule has 21 heavy (non-hydrogen) atoms. The summed E-state index contributed by atoms with van der Waals surface area (Å²) in [6.07, 6.45) is 2.93. The molecule has 0 bridgehead atoms. The summed E-state index contributed by atoms with van der Waals surface area (Å²) in [7, 11) is 0. The van der Waals surface area contributed by atoms with Gasteiger partial charge in [0.2, 0.25) is 0 Å². The molecule has 2 aromatic rings. The maximum absolute atomic E-state index is 12.4. The zero-order chi connectivity index (χ0) is 15.4. The second-order valence-electron chi connectivity index (χ2n) is 4.16. The van der Waals surface area contributed by atoms with Crippen molar-refractivity contribution in [3.8, 4) is 6.07 Å². The fourth-order valence-corrected chi connectivity index (χ4v) is 2.06. The maximum Gasteiger partial charge on any atom is 0.271 e. The van der Waals surface area contributed by atoms with E-state index >= 15 is 0 Å². The van der Waals surface area contributed by atoms with Crippen molar-refractivity contribution in [1.29, 1.82) is 5.26 Å². The molecule has 1 aromatic heterocycles. The average molecular weight is 302 g/mol. The van der Waals surface area contributed by atoms with Crippen molar-refractivity contribution in [3.63, 3.8) is 0 Å². The van der Waals surface area contributed by atoms with Gasteiger partial charge in [-0.05, 0) is 23.8 Å². The number of Topliss-reactive ketones (excluding diaryl/α,β-unsaturated/α-hetero) is 1. The Morgan fingerprint density at radius 2 is 2.00 bits per heavy atom. The second kappa shape index (κ2) is 6.11. The monoisotopic (exact) mass is 301 g/mol. The predicted octanol–water partition coefficient (Wildman–Crippen LogP) is 3.13. The third-order valence-corrected chi connectivity index (χ3v) is 3.03. The van der Waals surface area contributed by atoms with Crippen LogP contribution in [0.5, 0.6) is 0 Å². The van der Waals surface area contributed by atoms with Gasteiger partial charge in [0.1, 0.15) is 5.92 Å². The highest BCUT2D eigenvalue weighted by atomic mass is 35.5. The molecule has 1 unspecified atom stereocenters. The Labute approximate surface area is 124 Å². The topological polar surface area (TPSA) is 96.9 Å². The first-order valence-electron chi connectivity index (χ1n) is 5.81. The highest BCUT2D eigenvalue weighted by molar-refractivity contribution is 6.31. The van der Waals surface area contributed by atoms with Crippen molar-refractivity contribution in [2.45, 2.75) is 5.92 Å². The minimum Gasteiger partial charge on any atom is -0.292 e. The highest BCUT2D eigenvalue weighted by Gasteiger charge is 2.24. The average Bonchev–Trinajstić information content (AvgIpc) is 2.48. The minimum absolute atomic E-state index is 0.0255. The molecular formula is C14H8ClN3O3. The molecule has 0 saturated carbocycles. The van der Waals surface area contributed by atoms with Gasteiger partial charge in [-0.3, -0.25) is 19.9 Å². The standard InChI is InChI=1S/C14H8ClN3O3/c15-11-5-10(6-12(7-11)18(20)21)14(19)13(8-16)9-1-3-17-4-2-9/h1-7,13H. The lowest BCUT2D eigenvalue weighted by Crippen LogP contribution is -2.11. The molecule has 0 spiro atoms. The molecule has 0 N–H and O–H groups in total. The molecular weight excluding hydrogens is 294 g/mol. The van der Waals surface area contributed by atoms with Crippen molar-refractivity contribution in [2.75, 3.05) is 0 Å². The van der Waals surface area contributed by atoms with Gasteiger partial charge in [0.25, 0.3) is 5.69 Å². The zero-order valence-electron chi connectivity index (χ0n) is 10.6. The van der Waals surface area contributed by atoms with E-state index in [0.29, 0.717) is 5.56 Å². The lowest BCUT2D eigenvalue weighted by atomic mass is 9.92. The number of hydrogen-bond acceptors (Lipinski definition) is 5. The quantitative estimate of drug-likeness (QED) is 0.491. The molecule has 0 radical (unpaired) electrons. The van der Waals surface area contributed by atoms with Gasteiger partial charge in [-0.2, -0.15) is 5.26 Å². The SMILES string of the molecule is N#CC(C(=O)c1cc(Cl)cc([N+](=O)[O-])c1)c1ccncc1. The van der Waals surface area contributed by atoms with Crippen molar-refractivity contribution in [2.24, 2.45) is 0 Å². The van der Waals surface area contributed by atoms with E-state index in [2.05, 4.69) is 4.98 Å². The predicted molar refractivity (Wildman–Crippen MR) is 75.0 cm³/mol. The van der Waals surface area contributed by atoms with E-state index in [4.69, 9.17) is 11.6 Å². The van der Waals surface area contributed by atoms with Crippen LogP contribution in [0.25, 0.3) is 0 Å². The van der Waals surface area contributed by atoms with Crippen LogP contribution in [0, 0.1) is 21.4 Å². The number of benzene rings is 1. The summed E-state index contributed by atoms with van der Waals surface area (Å²) in [6.45, 7) is 0. The molecule has 104 valence electrons. The van der Waals surface area contributed by atoms with Gasteiger partial charge in [-0.1, -0.05) is 11.6 Å². The van der Waals surface area contributed by atoms with E-state index in [9.17, 15) is 20.2 Å². The number of aromatic nitrogens is 1. The number of ketones is 1. The third kappa shape index (κ3) is 3.22. The maximum atomic E-state index is 12.4.